The number of rotatable bonds is 1. The number of hydrogen-bond acceptors (Lipinski definition) is 1. The van der Waals surface area contributed by atoms with Gasteiger partial charge in [-0.25, -0.2) is 4.98 Å². The molecule has 0 amide bonds. The Kier molecular flexibility index (Phi) is 2.15. The van der Waals surface area contributed by atoms with E-state index >= 15 is 0 Å². The van der Waals surface area contributed by atoms with Crippen LogP contribution >= 0.6 is 0 Å². The summed E-state index contributed by atoms with van der Waals surface area (Å²) in [7, 11) is 0. The molecule has 1 heteroatoms. The van der Waals surface area contributed by atoms with E-state index < -0.39 is 0 Å². The van der Waals surface area contributed by atoms with E-state index in [0.717, 1.165) is 16.8 Å². The number of para-hydroxylation sites is 1. The fourth-order valence-electron chi connectivity index (χ4n) is 1.78. The standard InChI is InChI=1S/C15H10N/c1-2-6-12(7-3-1)15-11-10-13-8-4-5-9-14(13)16-15/h2-11H. The van der Waals surface area contributed by atoms with E-state index in [0.29, 0.717) is 0 Å². The molecule has 1 radical (unpaired) electrons. The highest BCUT2D eigenvalue weighted by atomic mass is 14.7. The average Bonchev–Trinajstić information content (AvgIpc) is 2.39. The predicted octanol–water partition coefficient (Wildman–Crippen LogP) is 3.70. The van der Waals surface area contributed by atoms with Gasteiger partial charge in [0.2, 0.25) is 0 Å². The molecular formula is C15H10N. The maximum Gasteiger partial charge on any atom is 0.0709 e. The van der Waals surface area contributed by atoms with E-state index in [9.17, 15) is 0 Å². The van der Waals surface area contributed by atoms with Crippen LogP contribution < -0.4 is 0 Å². The zero-order valence-corrected chi connectivity index (χ0v) is 8.72. The lowest BCUT2D eigenvalue weighted by molar-refractivity contribution is 1.40. The van der Waals surface area contributed by atoms with Gasteiger partial charge in [-0.3, -0.25) is 0 Å². The van der Waals surface area contributed by atoms with Crippen LogP contribution in [0, 0.1) is 6.07 Å². The van der Waals surface area contributed by atoms with Gasteiger partial charge in [0.25, 0.3) is 0 Å². The molecule has 1 heterocycles. The summed E-state index contributed by atoms with van der Waals surface area (Å²) in [5, 5.41) is 1.17. The van der Waals surface area contributed by atoms with Crippen molar-refractivity contribution in [1.82, 2.24) is 4.98 Å². The summed E-state index contributed by atoms with van der Waals surface area (Å²) >= 11 is 0. The molecule has 0 fully saturated rings. The third kappa shape index (κ3) is 1.57. The summed E-state index contributed by atoms with van der Waals surface area (Å²) in [4.78, 5) is 4.63. The van der Waals surface area contributed by atoms with Crippen molar-refractivity contribution in [2.24, 2.45) is 0 Å². The van der Waals surface area contributed by atoms with Gasteiger partial charge >= 0.3 is 0 Å². The van der Waals surface area contributed by atoms with Crippen LogP contribution in [0.3, 0.4) is 0 Å². The van der Waals surface area contributed by atoms with Gasteiger partial charge in [-0.05, 0) is 18.2 Å². The molecule has 0 unspecified atom stereocenters. The highest BCUT2D eigenvalue weighted by Crippen LogP contribution is 2.20. The zero-order chi connectivity index (χ0) is 10.8. The molecule has 0 spiro atoms. The first-order chi connectivity index (χ1) is 7.93. The molecule has 0 aliphatic carbocycles. The van der Waals surface area contributed by atoms with E-state index in [-0.39, 0.29) is 0 Å². The van der Waals surface area contributed by atoms with Crippen molar-refractivity contribution >= 4 is 10.9 Å². The van der Waals surface area contributed by atoms with Crippen LogP contribution in [0.5, 0.6) is 0 Å². The monoisotopic (exact) mass is 204 g/mol. The quantitative estimate of drug-likeness (QED) is 0.589. The topological polar surface area (TPSA) is 12.9 Å². The number of benzene rings is 2. The van der Waals surface area contributed by atoms with Crippen molar-refractivity contribution in [2.75, 3.05) is 0 Å². The van der Waals surface area contributed by atoms with E-state index in [1.165, 1.54) is 5.39 Å². The number of pyridine rings is 1. The highest BCUT2D eigenvalue weighted by Gasteiger charge is 1.99. The van der Waals surface area contributed by atoms with Crippen molar-refractivity contribution in [3.63, 3.8) is 0 Å². The molecule has 0 N–H and O–H groups in total. The molecule has 3 aromatic rings. The molecule has 0 aliphatic rings. The number of hydrogen-bond donors (Lipinski definition) is 0. The maximum atomic E-state index is 4.63. The molecule has 16 heavy (non-hydrogen) atoms. The van der Waals surface area contributed by atoms with Gasteiger partial charge in [0.1, 0.15) is 0 Å². The van der Waals surface area contributed by atoms with E-state index in [4.69, 9.17) is 0 Å². The van der Waals surface area contributed by atoms with E-state index in [1.54, 1.807) is 0 Å². The molecule has 75 valence electrons. The SMILES string of the molecule is [c]1ccc(-c2ccc3ccccc3n2)cc1. The lowest BCUT2D eigenvalue weighted by atomic mass is 10.1. The van der Waals surface area contributed by atoms with Gasteiger partial charge in [0.05, 0.1) is 11.2 Å². The highest BCUT2D eigenvalue weighted by molar-refractivity contribution is 5.81. The molecule has 2 aromatic carbocycles. The van der Waals surface area contributed by atoms with Crippen LogP contribution in [0.1, 0.15) is 0 Å². The summed E-state index contributed by atoms with van der Waals surface area (Å²) in [5.41, 5.74) is 3.17. The molecule has 0 atom stereocenters. The Balaban J connectivity index is 2.19. The molecule has 1 aromatic heterocycles. The Morgan fingerprint density at radius 3 is 2.50 bits per heavy atom. The lowest BCUT2D eigenvalue weighted by Crippen LogP contribution is -1.84. The van der Waals surface area contributed by atoms with Crippen LogP contribution in [0.2, 0.25) is 0 Å². The summed E-state index contributed by atoms with van der Waals surface area (Å²) in [5.74, 6) is 0. The normalized spacial score (nSPS) is 10.5. The number of fused-ring (bicyclic) bond motifs is 1. The van der Waals surface area contributed by atoms with Crippen LogP contribution in [-0.2, 0) is 0 Å². The first kappa shape index (κ1) is 9.10. The van der Waals surface area contributed by atoms with E-state index in [2.05, 4.69) is 29.2 Å². The molecule has 1 nitrogen and oxygen atoms in total. The van der Waals surface area contributed by atoms with Gasteiger partial charge in [0.15, 0.2) is 0 Å². The van der Waals surface area contributed by atoms with Gasteiger partial charge in [-0.1, -0.05) is 48.5 Å². The minimum Gasteiger partial charge on any atom is -0.248 e. The van der Waals surface area contributed by atoms with Gasteiger partial charge < -0.3 is 0 Å². The van der Waals surface area contributed by atoms with Gasteiger partial charge in [-0.15, -0.1) is 0 Å². The first-order valence-electron chi connectivity index (χ1n) is 5.26. The second-order valence-electron chi connectivity index (χ2n) is 3.68. The molecule has 0 saturated carbocycles. The second kappa shape index (κ2) is 3.78. The molecule has 0 saturated heterocycles. The zero-order valence-electron chi connectivity index (χ0n) is 8.72. The summed E-state index contributed by atoms with van der Waals surface area (Å²) < 4.78 is 0. The third-order valence-electron chi connectivity index (χ3n) is 2.61. The van der Waals surface area contributed by atoms with Crippen LogP contribution in [0.15, 0.2) is 60.7 Å². The molecule has 3 rings (SSSR count). The van der Waals surface area contributed by atoms with E-state index in [1.807, 2.05) is 42.5 Å². The number of nitrogens with zero attached hydrogens (tertiary/aromatic N) is 1. The minimum absolute atomic E-state index is 1.01. The average molecular weight is 204 g/mol. The fourth-order valence-corrected chi connectivity index (χ4v) is 1.78. The fraction of sp³-hybridized carbons (Fsp3) is 0. The van der Waals surface area contributed by atoms with Crippen LogP contribution in [-0.4, -0.2) is 4.98 Å². The van der Waals surface area contributed by atoms with Crippen molar-refractivity contribution < 1.29 is 0 Å². The first-order valence-corrected chi connectivity index (χ1v) is 5.26. The third-order valence-corrected chi connectivity index (χ3v) is 2.61. The lowest BCUT2D eigenvalue weighted by Gasteiger charge is -2.02. The van der Waals surface area contributed by atoms with Crippen LogP contribution in [0.25, 0.3) is 22.2 Å². The number of aromatic nitrogens is 1. The molecule has 0 aliphatic heterocycles. The Hall–Kier alpha value is -2.15. The molecule has 0 bridgehead atoms. The van der Waals surface area contributed by atoms with Crippen molar-refractivity contribution in [3.8, 4) is 11.3 Å². The Labute approximate surface area is 94.4 Å². The molecular weight excluding hydrogens is 194 g/mol. The summed E-state index contributed by atoms with van der Waals surface area (Å²) in [6, 6.07) is 23.2. The van der Waals surface area contributed by atoms with Gasteiger partial charge in [-0.2, -0.15) is 0 Å². The van der Waals surface area contributed by atoms with Crippen molar-refractivity contribution in [1.29, 1.82) is 0 Å². The van der Waals surface area contributed by atoms with Gasteiger partial charge in [0, 0.05) is 10.9 Å². The smallest absolute Gasteiger partial charge is 0.0709 e. The maximum absolute atomic E-state index is 4.63. The van der Waals surface area contributed by atoms with Crippen molar-refractivity contribution in [3.05, 3.63) is 66.7 Å². The minimum atomic E-state index is 1.01. The Morgan fingerprint density at radius 1 is 0.812 bits per heavy atom. The Morgan fingerprint density at radius 2 is 1.62 bits per heavy atom. The summed E-state index contributed by atoms with van der Waals surface area (Å²) in [6.07, 6.45) is 0. The summed E-state index contributed by atoms with van der Waals surface area (Å²) in [6.45, 7) is 0. The largest absolute Gasteiger partial charge is 0.248 e. The van der Waals surface area contributed by atoms with Crippen molar-refractivity contribution in [2.45, 2.75) is 0 Å². The van der Waals surface area contributed by atoms with Crippen LogP contribution in [0.4, 0.5) is 0 Å². The predicted molar refractivity (Wildman–Crippen MR) is 66.0 cm³/mol. The second-order valence-corrected chi connectivity index (χ2v) is 3.68. The Bertz CT molecular complexity index is 614.